The van der Waals surface area contributed by atoms with Gasteiger partial charge in [0.1, 0.15) is 11.6 Å². The Kier molecular flexibility index (Phi) is 3.70. The quantitative estimate of drug-likeness (QED) is 0.905. The Labute approximate surface area is 103 Å². The molecule has 1 aromatic heterocycles. The van der Waals surface area contributed by atoms with Gasteiger partial charge in [0.15, 0.2) is 0 Å². The van der Waals surface area contributed by atoms with Gasteiger partial charge >= 0.3 is 6.18 Å². The molecule has 2 heterocycles. The van der Waals surface area contributed by atoms with Crippen LogP contribution in [0.15, 0.2) is 0 Å². The van der Waals surface area contributed by atoms with E-state index < -0.39 is 12.6 Å². The van der Waals surface area contributed by atoms with Gasteiger partial charge < -0.3 is 10.1 Å². The summed E-state index contributed by atoms with van der Waals surface area (Å²) in [7, 11) is 1.69. The molecule has 2 rings (SSSR count). The molecule has 0 atom stereocenters. The average molecular weight is 261 g/mol. The minimum absolute atomic E-state index is 0.188. The number of anilines is 1. The van der Waals surface area contributed by atoms with Gasteiger partial charge in [-0.25, -0.2) is 9.97 Å². The molecule has 0 saturated carbocycles. The number of aryl methyl sites for hydroxylation is 1. The van der Waals surface area contributed by atoms with Gasteiger partial charge in [0.05, 0.1) is 25.3 Å². The summed E-state index contributed by atoms with van der Waals surface area (Å²) in [4.78, 5) is 8.30. The predicted molar refractivity (Wildman–Crippen MR) is 59.3 cm³/mol. The Morgan fingerprint density at radius 3 is 2.78 bits per heavy atom. The molecule has 0 radical (unpaired) electrons. The van der Waals surface area contributed by atoms with Gasteiger partial charge in [-0.3, -0.25) is 0 Å². The van der Waals surface area contributed by atoms with E-state index in [9.17, 15) is 13.2 Å². The second-order valence-electron chi connectivity index (χ2n) is 4.08. The van der Waals surface area contributed by atoms with Gasteiger partial charge in [-0.1, -0.05) is 0 Å². The van der Waals surface area contributed by atoms with Crippen molar-refractivity contribution in [2.24, 2.45) is 0 Å². The van der Waals surface area contributed by atoms with Crippen molar-refractivity contribution in [3.8, 4) is 0 Å². The maximum absolute atomic E-state index is 12.2. The van der Waals surface area contributed by atoms with Crippen molar-refractivity contribution >= 4 is 5.82 Å². The summed E-state index contributed by atoms with van der Waals surface area (Å²) in [6.45, 7) is 0.955. The lowest BCUT2D eigenvalue weighted by molar-refractivity contribution is -0.134. The van der Waals surface area contributed by atoms with E-state index in [0.717, 1.165) is 11.3 Å². The van der Waals surface area contributed by atoms with Crippen LogP contribution < -0.4 is 5.32 Å². The average Bonchev–Trinajstić information content (AvgIpc) is 2.34. The monoisotopic (exact) mass is 261 g/mol. The second-order valence-corrected chi connectivity index (χ2v) is 4.08. The van der Waals surface area contributed by atoms with E-state index in [4.69, 9.17) is 4.74 Å². The summed E-state index contributed by atoms with van der Waals surface area (Å²) in [6.07, 6.45) is -4.65. The highest BCUT2D eigenvalue weighted by Crippen LogP contribution is 2.25. The van der Waals surface area contributed by atoms with Crippen LogP contribution in [0.4, 0.5) is 19.0 Å². The van der Waals surface area contributed by atoms with Crippen LogP contribution in [0.25, 0.3) is 0 Å². The van der Waals surface area contributed by atoms with Gasteiger partial charge in [-0.15, -0.1) is 0 Å². The van der Waals surface area contributed by atoms with Gasteiger partial charge in [0.25, 0.3) is 0 Å². The summed E-state index contributed by atoms with van der Waals surface area (Å²) in [5.41, 5.74) is 1.64. The van der Waals surface area contributed by atoms with Crippen LogP contribution in [0.2, 0.25) is 0 Å². The van der Waals surface area contributed by atoms with Crippen LogP contribution in [-0.2, 0) is 24.2 Å². The molecule has 0 amide bonds. The SMILES string of the molecule is CNc1nc(CCC(F)(F)F)nc2c1COCC2. The summed E-state index contributed by atoms with van der Waals surface area (Å²) in [5.74, 6) is 0.800. The lowest BCUT2D eigenvalue weighted by Gasteiger charge is -2.19. The standard InChI is InChI=1S/C11H14F3N3O/c1-15-10-7-6-18-5-3-8(7)16-9(17-10)2-4-11(12,13)14/h2-6H2,1H3,(H,15,16,17). The molecule has 18 heavy (non-hydrogen) atoms. The molecule has 1 N–H and O–H groups in total. The zero-order valence-corrected chi connectivity index (χ0v) is 9.97. The van der Waals surface area contributed by atoms with Gasteiger partial charge in [0.2, 0.25) is 0 Å². The van der Waals surface area contributed by atoms with Crippen molar-refractivity contribution in [3.05, 3.63) is 17.1 Å². The number of nitrogens with one attached hydrogen (secondary N) is 1. The maximum Gasteiger partial charge on any atom is 0.389 e. The fourth-order valence-corrected chi connectivity index (χ4v) is 1.86. The lowest BCUT2D eigenvalue weighted by atomic mass is 10.1. The first-order valence-corrected chi connectivity index (χ1v) is 5.70. The fraction of sp³-hybridized carbons (Fsp3) is 0.636. The zero-order chi connectivity index (χ0) is 13.2. The van der Waals surface area contributed by atoms with Crippen LogP contribution in [0, 0.1) is 0 Å². The van der Waals surface area contributed by atoms with Crippen molar-refractivity contribution in [1.29, 1.82) is 0 Å². The first kappa shape index (κ1) is 13.1. The molecule has 1 aromatic rings. The summed E-state index contributed by atoms with van der Waals surface area (Å²) in [5, 5.41) is 2.88. The first-order valence-electron chi connectivity index (χ1n) is 5.70. The molecule has 0 aliphatic carbocycles. The number of hydrogen-bond acceptors (Lipinski definition) is 4. The molecule has 4 nitrogen and oxygen atoms in total. The fourth-order valence-electron chi connectivity index (χ4n) is 1.86. The molecule has 7 heteroatoms. The largest absolute Gasteiger partial charge is 0.389 e. The van der Waals surface area contributed by atoms with Crippen molar-refractivity contribution in [3.63, 3.8) is 0 Å². The number of alkyl halides is 3. The molecule has 0 spiro atoms. The predicted octanol–water partition coefficient (Wildman–Crippen LogP) is 2.09. The molecule has 0 aromatic carbocycles. The molecule has 0 bridgehead atoms. The third kappa shape index (κ3) is 3.10. The van der Waals surface area contributed by atoms with E-state index in [1.54, 1.807) is 7.05 Å². The lowest BCUT2D eigenvalue weighted by Crippen LogP contribution is -2.18. The van der Waals surface area contributed by atoms with Crippen molar-refractivity contribution in [1.82, 2.24) is 9.97 Å². The molecule has 1 aliphatic heterocycles. The minimum Gasteiger partial charge on any atom is -0.376 e. The van der Waals surface area contributed by atoms with Crippen LogP contribution in [0.1, 0.15) is 23.5 Å². The minimum atomic E-state index is -4.18. The zero-order valence-electron chi connectivity index (χ0n) is 9.97. The van der Waals surface area contributed by atoms with E-state index in [2.05, 4.69) is 15.3 Å². The Bertz CT molecular complexity index is 417. The number of fused-ring (bicyclic) bond motifs is 1. The van der Waals surface area contributed by atoms with E-state index >= 15 is 0 Å². The molecular weight excluding hydrogens is 247 g/mol. The number of halogens is 3. The number of hydrogen-bond donors (Lipinski definition) is 1. The number of nitrogens with zero attached hydrogens (tertiary/aromatic N) is 2. The number of rotatable bonds is 3. The summed E-state index contributed by atoms with van der Waals surface area (Å²) < 4.78 is 41.8. The Balaban J connectivity index is 2.21. The third-order valence-electron chi connectivity index (χ3n) is 2.74. The molecule has 0 unspecified atom stereocenters. The van der Waals surface area contributed by atoms with Crippen molar-refractivity contribution in [2.75, 3.05) is 19.0 Å². The smallest absolute Gasteiger partial charge is 0.376 e. The van der Waals surface area contributed by atoms with E-state index in [1.807, 2.05) is 0 Å². The van der Waals surface area contributed by atoms with Crippen molar-refractivity contribution in [2.45, 2.75) is 32.0 Å². The van der Waals surface area contributed by atoms with Crippen LogP contribution in [0.3, 0.4) is 0 Å². The topological polar surface area (TPSA) is 47.0 Å². The molecular formula is C11H14F3N3O. The highest BCUT2D eigenvalue weighted by Gasteiger charge is 2.27. The molecule has 1 aliphatic rings. The molecule has 0 saturated heterocycles. The van der Waals surface area contributed by atoms with Gasteiger partial charge in [-0.05, 0) is 0 Å². The highest BCUT2D eigenvalue weighted by molar-refractivity contribution is 5.46. The van der Waals surface area contributed by atoms with E-state index in [1.165, 1.54) is 0 Å². The van der Waals surface area contributed by atoms with Crippen molar-refractivity contribution < 1.29 is 17.9 Å². The first-order chi connectivity index (χ1) is 8.49. The molecule has 100 valence electrons. The summed E-state index contributed by atoms with van der Waals surface area (Å²) >= 11 is 0. The van der Waals surface area contributed by atoms with Crippen LogP contribution >= 0.6 is 0 Å². The normalized spacial score (nSPS) is 15.3. The maximum atomic E-state index is 12.2. The molecule has 0 fully saturated rings. The Morgan fingerprint density at radius 1 is 1.33 bits per heavy atom. The van der Waals surface area contributed by atoms with E-state index in [-0.39, 0.29) is 12.2 Å². The Hall–Kier alpha value is -1.37. The number of aromatic nitrogens is 2. The Morgan fingerprint density at radius 2 is 2.11 bits per heavy atom. The van der Waals surface area contributed by atoms with E-state index in [0.29, 0.717) is 25.5 Å². The summed E-state index contributed by atoms with van der Waals surface area (Å²) in [6, 6.07) is 0. The third-order valence-corrected chi connectivity index (χ3v) is 2.74. The highest BCUT2D eigenvalue weighted by atomic mass is 19.4. The van der Waals surface area contributed by atoms with Crippen LogP contribution in [-0.4, -0.2) is 29.8 Å². The van der Waals surface area contributed by atoms with Gasteiger partial charge in [-0.2, -0.15) is 13.2 Å². The van der Waals surface area contributed by atoms with Crippen LogP contribution in [0.5, 0.6) is 0 Å². The van der Waals surface area contributed by atoms with Gasteiger partial charge in [0, 0.05) is 25.5 Å². The number of ether oxygens (including phenoxy) is 1. The second kappa shape index (κ2) is 5.09.